The van der Waals surface area contributed by atoms with Gasteiger partial charge in [-0.3, -0.25) is 0 Å². The maximum Gasteiger partial charge on any atom is 0.490 e. The minimum atomic E-state index is -5.02. The Hall–Kier alpha value is -1.73. The second-order valence-electron chi connectivity index (χ2n) is 3.03. The molecule has 0 aromatic rings. The third kappa shape index (κ3) is 6.77. The van der Waals surface area contributed by atoms with Crippen molar-refractivity contribution in [3.63, 3.8) is 0 Å². The molecule has 0 unspecified atom stereocenters. The molecule has 5 nitrogen and oxygen atoms in total. The van der Waals surface area contributed by atoms with Crippen LogP contribution in [0.3, 0.4) is 0 Å². The number of hydrogen-bond acceptors (Lipinski definition) is 5. The van der Waals surface area contributed by atoms with E-state index in [2.05, 4.69) is 9.47 Å². The number of alkyl halides is 3. The highest BCUT2D eigenvalue weighted by molar-refractivity contribution is 5.87. The molecule has 0 radical (unpaired) electrons. The van der Waals surface area contributed by atoms with Crippen LogP contribution >= 0.6 is 0 Å². The van der Waals surface area contributed by atoms with Crippen molar-refractivity contribution in [2.45, 2.75) is 20.0 Å². The van der Waals surface area contributed by atoms with E-state index in [1.54, 1.807) is 6.92 Å². The Bertz CT molecular complexity index is 322. The molecule has 0 aliphatic carbocycles. The average molecular weight is 270 g/mol. The van der Waals surface area contributed by atoms with Gasteiger partial charge in [-0.1, -0.05) is 0 Å². The van der Waals surface area contributed by atoms with E-state index in [0.717, 1.165) is 6.26 Å². The summed E-state index contributed by atoms with van der Waals surface area (Å²) in [5.41, 5.74) is 0.152. The molecule has 0 atom stereocenters. The highest BCUT2D eigenvalue weighted by Gasteiger charge is 2.40. The van der Waals surface area contributed by atoms with Gasteiger partial charge in [0.25, 0.3) is 0 Å². The number of hydrogen-bond donors (Lipinski definition) is 0. The molecular formula is C10H13F3O5. The average Bonchev–Trinajstić information content (AvgIpc) is 2.27. The summed E-state index contributed by atoms with van der Waals surface area (Å²) in [6.07, 6.45) is -3.99. The smallest absolute Gasteiger partial charge is 0.490 e. The topological polar surface area (TPSA) is 61.8 Å². The number of esters is 2. The molecule has 0 amide bonds. The number of ether oxygens (including phenoxy) is 3. The molecule has 0 heterocycles. The summed E-state index contributed by atoms with van der Waals surface area (Å²) in [4.78, 5) is 21.3. The fraction of sp³-hybridized carbons (Fsp3) is 0.600. The standard InChI is InChI=1S/C10H13F3O5/c1-3-17-8(14)7(2)6-16-4-5-18-9(15)10(11,12)13/h6H,3-5H2,1-2H3. The van der Waals surface area contributed by atoms with Crippen LogP contribution in [0.2, 0.25) is 0 Å². The zero-order valence-corrected chi connectivity index (χ0v) is 9.87. The lowest BCUT2D eigenvalue weighted by molar-refractivity contribution is -0.200. The van der Waals surface area contributed by atoms with Crippen molar-refractivity contribution in [2.75, 3.05) is 19.8 Å². The minimum Gasteiger partial charge on any atom is -0.497 e. The Labute approximate surface area is 101 Å². The van der Waals surface area contributed by atoms with Crippen LogP contribution in [0, 0.1) is 0 Å². The van der Waals surface area contributed by atoms with Gasteiger partial charge in [0.15, 0.2) is 0 Å². The van der Waals surface area contributed by atoms with Gasteiger partial charge >= 0.3 is 18.1 Å². The quantitative estimate of drug-likeness (QED) is 0.317. The maximum absolute atomic E-state index is 11.7. The van der Waals surface area contributed by atoms with E-state index in [4.69, 9.17) is 4.74 Å². The van der Waals surface area contributed by atoms with Crippen molar-refractivity contribution in [3.8, 4) is 0 Å². The lowest BCUT2D eigenvalue weighted by Gasteiger charge is -2.07. The first-order valence-electron chi connectivity index (χ1n) is 4.98. The van der Waals surface area contributed by atoms with Crippen LogP contribution in [0.1, 0.15) is 13.8 Å². The summed E-state index contributed by atoms with van der Waals surface area (Å²) in [6, 6.07) is 0. The van der Waals surface area contributed by atoms with Crippen LogP contribution in [0.25, 0.3) is 0 Å². The molecule has 0 spiro atoms. The highest BCUT2D eigenvalue weighted by atomic mass is 19.4. The largest absolute Gasteiger partial charge is 0.497 e. The summed E-state index contributed by atoms with van der Waals surface area (Å²) in [5.74, 6) is -2.87. The third-order valence-corrected chi connectivity index (χ3v) is 1.52. The molecular weight excluding hydrogens is 257 g/mol. The van der Waals surface area contributed by atoms with Crippen molar-refractivity contribution >= 4 is 11.9 Å². The minimum absolute atomic E-state index is 0.152. The van der Waals surface area contributed by atoms with E-state index in [0.29, 0.717) is 0 Å². The fourth-order valence-electron chi connectivity index (χ4n) is 0.741. The lowest BCUT2D eigenvalue weighted by atomic mass is 10.3. The van der Waals surface area contributed by atoms with Crippen LogP contribution in [0.15, 0.2) is 11.8 Å². The third-order valence-electron chi connectivity index (χ3n) is 1.52. The summed E-state index contributed by atoms with van der Waals surface area (Å²) < 4.78 is 48.3. The molecule has 104 valence electrons. The predicted octanol–water partition coefficient (Wildman–Crippen LogP) is 1.58. The Morgan fingerprint density at radius 3 is 2.28 bits per heavy atom. The molecule has 0 aromatic heterocycles. The van der Waals surface area contributed by atoms with Crippen LogP contribution in [-0.4, -0.2) is 37.9 Å². The molecule has 0 aliphatic rings. The molecule has 18 heavy (non-hydrogen) atoms. The summed E-state index contributed by atoms with van der Waals surface area (Å²) in [7, 11) is 0. The van der Waals surface area contributed by atoms with E-state index < -0.39 is 24.7 Å². The first kappa shape index (κ1) is 16.3. The molecule has 8 heteroatoms. The van der Waals surface area contributed by atoms with Gasteiger partial charge in [-0.2, -0.15) is 13.2 Å². The lowest BCUT2D eigenvalue weighted by Crippen LogP contribution is -2.26. The SMILES string of the molecule is CCOC(=O)C(C)=COCCOC(=O)C(F)(F)F. The molecule has 0 bridgehead atoms. The fourth-order valence-corrected chi connectivity index (χ4v) is 0.741. The summed E-state index contributed by atoms with van der Waals surface area (Å²) in [6.45, 7) is 2.39. The van der Waals surface area contributed by atoms with Gasteiger partial charge in [0.1, 0.15) is 13.2 Å². The molecule has 0 aromatic carbocycles. The molecule has 0 rings (SSSR count). The van der Waals surface area contributed by atoms with Crippen LogP contribution < -0.4 is 0 Å². The van der Waals surface area contributed by atoms with E-state index in [1.165, 1.54) is 6.92 Å². The van der Waals surface area contributed by atoms with E-state index in [1.807, 2.05) is 0 Å². The van der Waals surface area contributed by atoms with E-state index >= 15 is 0 Å². The summed E-state index contributed by atoms with van der Waals surface area (Å²) in [5, 5.41) is 0. The van der Waals surface area contributed by atoms with Crippen molar-refractivity contribution in [1.82, 2.24) is 0 Å². The van der Waals surface area contributed by atoms with Gasteiger partial charge in [-0.05, 0) is 13.8 Å². The van der Waals surface area contributed by atoms with Crippen LogP contribution in [0.5, 0.6) is 0 Å². The van der Waals surface area contributed by atoms with Gasteiger partial charge in [0.05, 0.1) is 18.4 Å². The molecule has 0 fully saturated rings. The van der Waals surface area contributed by atoms with Crippen molar-refractivity contribution < 1.29 is 37.0 Å². The molecule has 0 saturated carbocycles. The second kappa shape index (κ2) is 7.57. The van der Waals surface area contributed by atoms with Gasteiger partial charge in [-0.25, -0.2) is 9.59 Å². The highest BCUT2D eigenvalue weighted by Crippen LogP contribution is 2.16. The zero-order chi connectivity index (χ0) is 14.2. The Balaban J connectivity index is 3.84. The normalized spacial score (nSPS) is 11.9. The first-order valence-corrected chi connectivity index (χ1v) is 4.98. The number of carbonyl (C=O) groups is 2. The van der Waals surface area contributed by atoms with Gasteiger partial charge in [0, 0.05) is 0 Å². The molecule has 0 saturated heterocycles. The molecule has 0 N–H and O–H groups in total. The van der Waals surface area contributed by atoms with Gasteiger partial charge in [-0.15, -0.1) is 0 Å². The maximum atomic E-state index is 11.7. The Morgan fingerprint density at radius 1 is 1.17 bits per heavy atom. The number of rotatable bonds is 6. The predicted molar refractivity (Wildman–Crippen MR) is 53.4 cm³/mol. The van der Waals surface area contributed by atoms with Crippen LogP contribution in [-0.2, 0) is 23.8 Å². The number of carbonyl (C=O) groups excluding carboxylic acids is 2. The zero-order valence-electron chi connectivity index (χ0n) is 9.87. The van der Waals surface area contributed by atoms with Crippen molar-refractivity contribution in [1.29, 1.82) is 0 Å². The van der Waals surface area contributed by atoms with E-state index in [-0.39, 0.29) is 18.8 Å². The van der Waals surface area contributed by atoms with Crippen molar-refractivity contribution in [3.05, 3.63) is 11.8 Å². The molecule has 0 aliphatic heterocycles. The Morgan fingerprint density at radius 2 is 1.78 bits per heavy atom. The number of halogens is 3. The van der Waals surface area contributed by atoms with Crippen molar-refractivity contribution in [2.24, 2.45) is 0 Å². The van der Waals surface area contributed by atoms with Gasteiger partial charge < -0.3 is 14.2 Å². The first-order chi connectivity index (χ1) is 8.29. The van der Waals surface area contributed by atoms with Crippen LogP contribution in [0.4, 0.5) is 13.2 Å². The monoisotopic (exact) mass is 270 g/mol. The van der Waals surface area contributed by atoms with Gasteiger partial charge in [0.2, 0.25) is 0 Å². The Kier molecular flexibility index (Phi) is 6.84. The summed E-state index contributed by atoms with van der Waals surface area (Å²) >= 11 is 0. The second-order valence-corrected chi connectivity index (χ2v) is 3.03. The van der Waals surface area contributed by atoms with E-state index in [9.17, 15) is 22.8 Å².